The van der Waals surface area contributed by atoms with Crippen LogP contribution in [0.4, 0.5) is 4.79 Å². The third-order valence-electron chi connectivity index (χ3n) is 3.62. The second kappa shape index (κ2) is 5.47. The molecule has 0 aromatic carbocycles. The van der Waals surface area contributed by atoms with Crippen molar-refractivity contribution in [2.45, 2.75) is 70.9 Å². The van der Waals surface area contributed by atoms with Gasteiger partial charge in [0.1, 0.15) is 5.60 Å². The number of amides is 1. The fourth-order valence-corrected chi connectivity index (χ4v) is 3.44. The number of rotatable bonds is 3. The first-order valence-electron chi connectivity index (χ1n) is 6.43. The monoisotopic (exact) mass is 271 g/mol. The van der Waals surface area contributed by atoms with Gasteiger partial charge in [0.05, 0.1) is 8.07 Å². The number of nitrogens with one attached hydrogen (secondary N) is 1. The maximum Gasteiger partial charge on any atom is 0.407 e. The van der Waals surface area contributed by atoms with Crippen molar-refractivity contribution in [3.05, 3.63) is 12.7 Å². The van der Waals surface area contributed by atoms with Crippen LogP contribution < -0.4 is 5.32 Å². The van der Waals surface area contributed by atoms with Gasteiger partial charge in [-0.25, -0.2) is 4.79 Å². The summed E-state index contributed by atoms with van der Waals surface area (Å²) in [6.07, 6.45) is 1.47. The average molecular weight is 271 g/mol. The highest BCUT2D eigenvalue weighted by atomic mass is 28.3. The van der Waals surface area contributed by atoms with E-state index in [-0.39, 0.29) is 16.8 Å². The molecule has 0 aromatic heterocycles. The molecule has 3 nitrogen and oxygen atoms in total. The van der Waals surface area contributed by atoms with E-state index in [1.165, 1.54) is 0 Å². The first-order chi connectivity index (χ1) is 7.81. The van der Waals surface area contributed by atoms with Gasteiger partial charge >= 0.3 is 6.09 Å². The molecule has 0 saturated heterocycles. The molecule has 4 heteroatoms. The summed E-state index contributed by atoms with van der Waals surface area (Å²) in [6, 6.07) is 0. The molecule has 0 saturated carbocycles. The van der Waals surface area contributed by atoms with Gasteiger partial charge in [-0.2, -0.15) is 0 Å². The number of alkyl carbamates (subject to hydrolysis) is 1. The molecule has 106 valence electrons. The molecular formula is C14H29NO2Si. The van der Waals surface area contributed by atoms with Crippen molar-refractivity contribution >= 4 is 14.2 Å². The molecule has 0 spiro atoms. The maximum absolute atomic E-state index is 11.8. The van der Waals surface area contributed by atoms with Gasteiger partial charge in [-0.15, -0.1) is 6.58 Å². The van der Waals surface area contributed by atoms with E-state index in [4.69, 9.17) is 4.74 Å². The minimum absolute atomic E-state index is 0.00681. The lowest BCUT2D eigenvalue weighted by Gasteiger charge is -2.42. The molecule has 0 fully saturated rings. The summed E-state index contributed by atoms with van der Waals surface area (Å²) < 4.78 is 5.30. The zero-order valence-corrected chi connectivity index (χ0v) is 14.2. The summed E-state index contributed by atoms with van der Waals surface area (Å²) in [7, 11) is -1.70. The summed E-state index contributed by atoms with van der Waals surface area (Å²) in [5.41, 5.74) is -0.462. The van der Waals surface area contributed by atoms with Crippen LogP contribution in [0.1, 0.15) is 41.5 Å². The molecule has 0 heterocycles. The van der Waals surface area contributed by atoms with Crippen molar-refractivity contribution in [3.8, 4) is 0 Å². The number of hydrogen-bond donors (Lipinski definition) is 1. The zero-order valence-electron chi connectivity index (χ0n) is 13.2. The molecule has 0 aliphatic carbocycles. The van der Waals surface area contributed by atoms with Gasteiger partial charge in [0, 0.05) is 5.67 Å². The van der Waals surface area contributed by atoms with E-state index in [1.807, 2.05) is 26.8 Å². The minimum Gasteiger partial charge on any atom is -0.444 e. The summed E-state index contributed by atoms with van der Waals surface area (Å²) in [5.74, 6) is 0. The quantitative estimate of drug-likeness (QED) is 0.619. The van der Waals surface area contributed by atoms with Crippen LogP contribution in [-0.4, -0.2) is 25.4 Å². The average Bonchev–Trinajstić information content (AvgIpc) is 2.08. The predicted molar refractivity (Wildman–Crippen MR) is 80.6 cm³/mol. The van der Waals surface area contributed by atoms with Crippen LogP contribution in [0.25, 0.3) is 0 Å². The smallest absolute Gasteiger partial charge is 0.407 e. The predicted octanol–water partition coefficient (Wildman–Crippen LogP) is 4.11. The Bertz CT molecular complexity index is 311. The second-order valence-electron chi connectivity index (χ2n) is 7.33. The number of ether oxygens (including phenoxy) is 1. The number of carbonyl (C=O) groups is 1. The van der Waals surface area contributed by atoms with Crippen LogP contribution in [0, 0.1) is 0 Å². The Morgan fingerprint density at radius 1 is 1.22 bits per heavy atom. The Kier molecular flexibility index (Phi) is 5.23. The standard InChI is InChI=1S/C14H29NO2Si/c1-10-11(18(8,9)14(5,6)7)15-12(16)17-13(2,3)4/h10-11H,1H2,2-9H3,(H,15,16)/t11-/m0/s1. The SMILES string of the molecule is C=C[C@@H](NC(=O)OC(C)(C)C)[Si](C)(C)C(C)(C)C. The zero-order chi connectivity index (χ0) is 14.8. The summed E-state index contributed by atoms with van der Waals surface area (Å²) in [5, 5.41) is 3.13. The normalized spacial score (nSPS) is 14.9. The molecular weight excluding hydrogens is 242 g/mol. The lowest BCUT2D eigenvalue weighted by molar-refractivity contribution is 0.0525. The van der Waals surface area contributed by atoms with Crippen molar-refractivity contribution < 1.29 is 9.53 Å². The van der Waals surface area contributed by atoms with Crippen LogP contribution in [0.15, 0.2) is 12.7 Å². The summed E-state index contributed by atoms with van der Waals surface area (Å²) in [4.78, 5) is 11.8. The van der Waals surface area contributed by atoms with E-state index in [0.717, 1.165) is 0 Å². The molecule has 0 aromatic rings. The van der Waals surface area contributed by atoms with Crippen LogP contribution >= 0.6 is 0 Å². The Labute approximate surface area is 113 Å². The molecule has 1 atom stereocenters. The van der Waals surface area contributed by atoms with Crippen molar-refractivity contribution in [2.75, 3.05) is 0 Å². The maximum atomic E-state index is 11.8. The van der Waals surface area contributed by atoms with Crippen LogP contribution in [0.2, 0.25) is 18.1 Å². The largest absolute Gasteiger partial charge is 0.444 e. The van der Waals surface area contributed by atoms with Gasteiger partial charge in [-0.1, -0.05) is 39.9 Å². The highest BCUT2D eigenvalue weighted by Crippen LogP contribution is 2.38. The first kappa shape index (κ1) is 17.2. The van der Waals surface area contributed by atoms with E-state index in [2.05, 4.69) is 45.8 Å². The Hall–Kier alpha value is -0.773. The molecule has 18 heavy (non-hydrogen) atoms. The van der Waals surface area contributed by atoms with E-state index >= 15 is 0 Å². The molecule has 1 amide bonds. The van der Waals surface area contributed by atoms with Gasteiger partial charge in [-0.3, -0.25) is 0 Å². The minimum atomic E-state index is -1.70. The molecule has 0 unspecified atom stereocenters. The van der Waals surface area contributed by atoms with E-state index in [0.29, 0.717) is 0 Å². The second-order valence-corrected chi connectivity index (χ2v) is 12.9. The van der Waals surface area contributed by atoms with Crippen molar-refractivity contribution in [2.24, 2.45) is 0 Å². The Morgan fingerprint density at radius 2 is 1.67 bits per heavy atom. The van der Waals surface area contributed by atoms with Crippen LogP contribution in [0.5, 0.6) is 0 Å². The van der Waals surface area contributed by atoms with Crippen molar-refractivity contribution in [1.29, 1.82) is 0 Å². The molecule has 0 aliphatic heterocycles. The molecule has 1 N–H and O–H groups in total. The van der Waals surface area contributed by atoms with Gasteiger partial charge in [0.15, 0.2) is 0 Å². The highest BCUT2D eigenvalue weighted by molar-refractivity contribution is 6.82. The third kappa shape index (κ3) is 4.84. The Balaban J connectivity index is 4.83. The van der Waals surface area contributed by atoms with Crippen molar-refractivity contribution in [1.82, 2.24) is 5.32 Å². The number of hydrogen-bond acceptors (Lipinski definition) is 2. The lowest BCUT2D eigenvalue weighted by atomic mass is 10.2. The van der Waals surface area contributed by atoms with E-state index in [1.54, 1.807) is 0 Å². The van der Waals surface area contributed by atoms with Crippen molar-refractivity contribution in [3.63, 3.8) is 0 Å². The van der Waals surface area contributed by atoms with E-state index < -0.39 is 13.7 Å². The molecule has 0 radical (unpaired) electrons. The number of carbonyl (C=O) groups excluding carboxylic acids is 1. The first-order valence-corrected chi connectivity index (χ1v) is 9.51. The fourth-order valence-electron chi connectivity index (χ4n) is 1.44. The molecule has 0 rings (SSSR count). The third-order valence-corrected chi connectivity index (χ3v) is 9.42. The van der Waals surface area contributed by atoms with E-state index in [9.17, 15) is 4.79 Å². The summed E-state index contributed by atoms with van der Waals surface area (Å²) in [6.45, 7) is 20.6. The van der Waals surface area contributed by atoms with Gasteiger partial charge in [-0.05, 0) is 25.8 Å². The molecule has 0 aliphatic rings. The topological polar surface area (TPSA) is 38.3 Å². The Morgan fingerprint density at radius 3 is 1.94 bits per heavy atom. The van der Waals surface area contributed by atoms with Crippen LogP contribution in [0.3, 0.4) is 0 Å². The highest BCUT2D eigenvalue weighted by Gasteiger charge is 2.42. The fraction of sp³-hybridized carbons (Fsp3) is 0.786. The van der Waals surface area contributed by atoms with Crippen LogP contribution in [-0.2, 0) is 4.74 Å². The van der Waals surface area contributed by atoms with Gasteiger partial charge < -0.3 is 10.1 Å². The summed E-state index contributed by atoms with van der Waals surface area (Å²) >= 11 is 0. The van der Waals surface area contributed by atoms with Gasteiger partial charge in [0.2, 0.25) is 0 Å². The molecule has 0 bridgehead atoms. The van der Waals surface area contributed by atoms with Gasteiger partial charge in [0.25, 0.3) is 0 Å². The lowest BCUT2D eigenvalue weighted by Crippen LogP contribution is -2.57.